The zero-order valence-electron chi connectivity index (χ0n) is 8.77. The van der Waals surface area contributed by atoms with Gasteiger partial charge >= 0.3 is 4.45 Å². The SMILES string of the molecule is O=[N+]([O-])C1(Br)CC(Br)=CC=C1c1ccccc1. The first kappa shape index (κ1) is 12.5. The molecular formula is C12H9Br2NO2. The highest BCUT2D eigenvalue weighted by Crippen LogP contribution is 2.44. The molecule has 1 atom stereocenters. The van der Waals surface area contributed by atoms with E-state index in [-0.39, 0.29) is 4.92 Å². The van der Waals surface area contributed by atoms with Gasteiger partial charge in [-0.15, -0.1) is 0 Å². The molecule has 0 N–H and O–H groups in total. The van der Waals surface area contributed by atoms with Gasteiger partial charge in [0.05, 0.1) is 6.42 Å². The van der Waals surface area contributed by atoms with Crippen LogP contribution in [0.4, 0.5) is 0 Å². The fourth-order valence-electron chi connectivity index (χ4n) is 1.78. The van der Waals surface area contributed by atoms with E-state index in [9.17, 15) is 10.1 Å². The maximum absolute atomic E-state index is 11.3. The van der Waals surface area contributed by atoms with Crippen molar-refractivity contribution in [3.63, 3.8) is 0 Å². The van der Waals surface area contributed by atoms with Crippen LogP contribution in [-0.2, 0) is 0 Å². The standard InChI is InChI=1S/C12H9Br2NO2/c13-10-6-7-11(9-4-2-1-3-5-9)12(14,8-10)15(16)17/h1-7H,8H2. The van der Waals surface area contributed by atoms with Crippen LogP contribution in [0.3, 0.4) is 0 Å². The lowest BCUT2D eigenvalue weighted by Crippen LogP contribution is -2.34. The summed E-state index contributed by atoms with van der Waals surface area (Å²) in [7, 11) is 0. The van der Waals surface area contributed by atoms with Gasteiger partial charge in [0.2, 0.25) is 0 Å². The maximum atomic E-state index is 11.3. The van der Waals surface area contributed by atoms with Crippen molar-refractivity contribution < 1.29 is 4.92 Å². The van der Waals surface area contributed by atoms with Gasteiger partial charge in [-0.2, -0.15) is 0 Å². The average Bonchev–Trinajstić information content (AvgIpc) is 2.30. The van der Waals surface area contributed by atoms with Crippen LogP contribution in [0.2, 0.25) is 0 Å². The molecule has 0 aliphatic heterocycles. The fraction of sp³-hybridized carbons (Fsp3) is 0.167. The summed E-state index contributed by atoms with van der Waals surface area (Å²) in [6, 6.07) is 9.38. The minimum atomic E-state index is -1.25. The lowest BCUT2D eigenvalue weighted by Gasteiger charge is -2.24. The Labute approximate surface area is 116 Å². The minimum absolute atomic E-state index is 0.292. The maximum Gasteiger partial charge on any atom is 0.304 e. The summed E-state index contributed by atoms with van der Waals surface area (Å²) in [5.41, 5.74) is 1.53. The zero-order chi connectivity index (χ0) is 12.5. The highest BCUT2D eigenvalue weighted by atomic mass is 79.9. The quantitative estimate of drug-likeness (QED) is 0.345. The van der Waals surface area contributed by atoms with Crippen molar-refractivity contribution in [3.05, 3.63) is 62.6 Å². The molecule has 1 unspecified atom stereocenters. The van der Waals surface area contributed by atoms with Gasteiger partial charge < -0.3 is 0 Å². The molecule has 0 saturated carbocycles. The van der Waals surface area contributed by atoms with Gasteiger partial charge in [-0.25, -0.2) is 0 Å². The molecule has 1 aromatic rings. The second kappa shape index (κ2) is 4.74. The van der Waals surface area contributed by atoms with Crippen molar-refractivity contribution in [2.45, 2.75) is 10.9 Å². The molecule has 0 aromatic heterocycles. The second-order valence-corrected chi connectivity index (χ2v) is 6.08. The predicted octanol–water partition coefficient (Wildman–Crippen LogP) is 4.12. The monoisotopic (exact) mass is 357 g/mol. The molecule has 2 rings (SSSR count). The summed E-state index contributed by atoms with van der Waals surface area (Å²) in [6.07, 6.45) is 3.94. The van der Waals surface area contributed by atoms with Gasteiger partial charge in [0, 0.05) is 30.9 Å². The van der Waals surface area contributed by atoms with E-state index in [0.29, 0.717) is 12.0 Å². The van der Waals surface area contributed by atoms with Crippen LogP contribution in [0, 0.1) is 10.1 Å². The Hall–Kier alpha value is -0.940. The Bertz CT molecular complexity index is 510. The number of alkyl halides is 1. The summed E-state index contributed by atoms with van der Waals surface area (Å²) < 4.78 is -0.437. The third kappa shape index (κ3) is 2.35. The van der Waals surface area contributed by atoms with E-state index < -0.39 is 4.45 Å². The molecule has 1 aliphatic carbocycles. The molecule has 1 aliphatic rings. The van der Waals surface area contributed by atoms with Crippen LogP contribution < -0.4 is 0 Å². The van der Waals surface area contributed by atoms with Gasteiger partial charge in [0.15, 0.2) is 0 Å². The Morgan fingerprint density at radius 1 is 1.24 bits per heavy atom. The average molecular weight is 359 g/mol. The van der Waals surface area contributed by atoms with Crippen molar-refractivity contribution >= 4 is 37.4 Å². The molecule has 0 bridgehead atoms. The summed E-state index contributed by atoms with van der Waals surface area (Å²) in [6.45, 7) is 0. The minimum Gasteiger partial charge on any atom is -0.263 e. The van der Waals surface area contributed by atoms with E-state index in [1.54, 1.807) is 6.08 Å². The van der Waals surface area contributed by atoms with Crippen molar-refractivity contribution in [2.75, 3.05) is 0 Å². The van der Waals surface area contributed by atoms with E-state index in [4.69, 9.17) is 0 Å². The molecule has 0 heterocycles. The van der Waals surface area contributed by atoms with E-state index in [2.05, 4.69) is 31.9 Å². The van der Waals surface area contributed by atoms with E-state index in [0.717, 1.165) is 10.0 Å². The molecule has 0 fully saturated rings. The van der Waals surface area contributed by atoms with Crippen LogP contribution >= 0.6 is 31.9 Å². The van der Waals surface area contributed by atoms with Gasteiger partial charge in [-0.1, -0.05) is 52.3 Å². The third-order valence-electron chi connectivity index (χ3n) is 2.62. The first-order valence-corrected chi connectivity index (χ1v) is 6.58. The summed E-state index contributed by atoms with van der Waals surface area (Å²) >= 11 is 6.58. The number of nitrogens with zero attached hydrogens (tertiary/aromatic N) is 1. The van der Waals surface area contributed by atoms with Crippen LogP contribution in [-0.4, -0.2) is 9.37 Å². The Morgan fingerprint density at radius 2 is 1.88 bits per heavy atom. The van der Waals surface area contributed by atoms with Crippen LogP contribution in [0.5, 0.6) is 0 Å². The van der Waals surface area contributed by atoms with Crippen molar-refractivity contribution in [2.24, 2.45) is 0 Å². The Kier molecular flexibility index (Phi) is 3.49. The molecule has 0 radical (unpaired) electrons. The molecular weight excluding hydrogens is 350 g/mol. The summed E-state index contributed by atoms with van der Waals surface area (Å²) in [5, 5.41) is 11.3. The van der Waals surface area contributed by atoms with E-state index >= 15 is 0 Å². The third-order valence-corrected chi connectivity index (χ3v) is 4.16. The van der Waals surface area contributed by atoms with Crippen molar-refractivity contribution in [3.8, 4) is 0 Å². The topological polar surface area (TPSA) is 43.1 Å². The largest absolute Gasteiger partial charge is 0.304 e. The molecule has 0 saturated heterocycles. The molecule has 0 amide bonds. The van der Waals surface area contributed by atoms with Crippen LogP contribution in [0.15, 0.2) is 47.0 Å². The first-order valence-electron chi connectivity index (χ1n) is 5.00. The molecule has 1 aromatic carbocycles. The van der Waals surface area contributed by atoms with Crippen molar-refractivity contribution in [1.82, 2.24) is 0 Å². The van der Waals surface area contributed by atoms with Crippen molar-refractivity contribution in [1.29, 1.82) is 0 Å². The predicted molar refractivity (Wildman–Crippen MR) is 74.7 cm³/mol. The number of hydrogen-bond acceptors (Lipinski definition) is 2. The highest BCUT2D eigenvalue weighted by Gasteiger charge is 2.46. The number of halogens is 2. The number of allylic oxidation sites excluding steroid dienone is 2. The smallest absolute Gasteiger partial charge is 0.263 e. The van der Waals surface area contributed by atoms with Gasteiger partial charge in [-0.3, -0.25) is 10.1 Å². The van der Waals surface area contributed by atoms with Gasteiger partial charge in [0.25, 0.3) is 0 Å². The molecule has 17 heavy (non-hydrogen) atoms. The number of nitro groups is 1. The first-order chi connectivity index (χ1) is 8.04. The zero-order valence-corrected chi connectivity index (χ0v) is 11.9. The second-order valence-electron chi connectivity index (χ2n) is 3.75. The van der Waals surface area contributed by atoms with Crippen LogP contribution in [0.25, 0.3) is 5.57 Å². The molecule has 0 spiro atoms. The van der Waals surface area contributed by atoms with Crippen LogP contribution in [0.1, 0.15) is 12.0 Å². The van der Waals surface area contributed by atoms with E-state index in [1.165, 1.54) is 0 Å². The highest BCUT2D eigenvalue weighted by molar-refractivity contribution is 9.12. The van der Waals surface area contributed by atoms with E-state index in [1.807, 2.05) is 36.4 Å². The number of rotatable bonds is 2. The number of hydrogen-bond donors (Lipinski definition) is 0. The summed E-state index contributed by atoms with van der Waals surface area (Å²) in [5.74, 6) is 0. The lowest BCUT2D eigenvalue weighted by molar-refractivity contribution is -0.517. The van der Waals surface area contributed by atoms with Gasteiger partial charge in [0.1, 0.15) is 0 Å². The lowest BCUT2D eigenvalue weighted by atomic mass is 9.93. The molecule has 3 nitrogen and oxygen atoms in total. The molecule has 5 heteroatoms. The summed E-state index contributed by atoms with van der Waals surface area (Å²) in [4.78, 5) is 11.0. The number of benzene rings is 1. The Balaban J connectivity index is 2.53. The Morgan fingerprint density at radius 3 is 2.47 bits per heavy atom. The normalized spacial score (nSPS) is 23.9. The molecule has 88 valence electrons. The fourth-order valence-corrected chi connectivity index (χ4v) is 3.35. The van der Waals surface area contributed by atoms with Gasteiger partial charge in [-0.05, 0) is 11.6 Å².